The molecule has 0 aliphatic heterocycles. The van der Waals surface area contributed by atoms with Gasteiger partial charge in [-0.25, -0.2) is 8.42 Å². The quantitative estimate of drug-likeness (QED) is 0.408. The van der Waals surface area contributed by atoms with Gasteiger partial charge in [-0.1, -0.05) is 67.1 Å². The summed E-state index contributed by atoms with van der Waals surface area (Å²) in [5.74, 6) is -0.771. The summed E-state index contributed by atoms with van der Waals surface area (Å²) >= 11 is 0. The van der Waals surface area contributed by atoms with Crippen LogP contribution >= 0.6 is 0 Å². The van der Waals surface area contributed by atoms with E-state index in [1.54, 1.807) is 37.3 Å². The fourth-order valence-electron chi connectivity index (χ4n) is 4.06. The van der Waals surface area contributed by atoms with Gasteiger partial charge in [-0.05, 0) is 62.6 Å². The number of carbonyl (C=O) groups excluding carboxylic acids is 2. The Kier molecular flexibility index (Phi) is 9.47. The van der Waals surface area contributed by atoms with Gasteiger partial charge in [0.15, 0.2) is 0 Å². The molecule has 1 atom stereocenters. The van der Waals surface area contributed by atoms with Gasteiger partial charge in [0, 0.05) is 13.1 Å². The largest absolute Gasteiger partial charge is 0.355 e. The van der Waals surface area contributed by atoms with Gasteiger partial charge in [0.1, 0.15) is 12.6 Å². The van der Waals surface area contributed by atoms with Crippen molar-refractivity contribution in [2.75, 3.05) is 17.4 Å². The van der Waals surface area contributed by atoms with Crippen LogP contribution in [0.25, 0.3) is 0 Å². The van der Waals surface area contributed by atoms with Crippen molar-refractivity contribution >= 4 is 27.5 Å². The van der Waals surface area contributed by atoms with Gasteiger partial charge in [-0.3, -0.25) is 13.9 Å². The Labute approximate surface area is 220 Å². The van der Waals surface area contributed by atoms with Crippen LogP contribution in [0.3, 0.4) is 0 Å². The molecule has 0 bridgehead atoms. The zero-order valence-electron chi connectivity index (χ0n) is 21.8. The summed E-state index contributed by atoms with van der Waals surface area (Å²) < 4.78 is 28.6. The molecule has 0 saturated carbocycles. The molecule has 0 aliphatic rings. The lowest BCUT2D eigenvalue weighted by Gasteiger charge is -2.32. The molecule has 0 fully saturated rings. The van der Waals surface area contributed by atoms with Crippen molar-refractivity contribution in [3.63, 3.8) is 0 Å². The second-order valence-corrected chi connectivity index (χ2v) is 10.8. The molecule has 3 aromatic rings. The van der Waals surface area contributed by atoms with Crippen LogP contribution in [0.15, 0.2) is 83.8 Å². The molecule has 0 heterocycles. The molecule has 2 amide bonds. The maximum Gasteiger partial charge on any atom is 0.264 e. The number of sulfonamides is 1. The second-order valence-electron chi connectivity index (χ2n) is 8.93. The van der Waals surface area contributed by atoms with Crippen molar-refractivity contribution < 1.29 is 18.0 Å². The summed E-state index contributed by atoms with van der Waals surface area (Å²) in [6, 6.07) is 22.1. The Morgan fingerprint density at radius 2 is 1.57 bits per heavy atom. The van der Waals surface area contributed by atoms with Gasteiger partial charge < -0.3 is 10.2 Å². The monoisotopic (exact) mass is 521 g/mol. The summed E-state index contributed by atoms with van der Waals surface area (Å²) in [4.78, 5) is 28.1. The fourth-order valence-corrected chi connectivity index (χ4v) is 5.49. The molecular formula is C29H35N3O4S. The Morgan fingerprint density at radius 1 is 0.892 bits per heavy atom. The summed E-state index contributed by atoms with van der Waals surface area (Å²) in [6.07, 6.45) is 0.805. The van der Waals surface area contributed by atoms with Crippen molar-refractivity contribution in [1.29, 1.82) is 0 Å². The molecule has 3 rings (SSSR count). The Morgan fingerprint density at radius 3 is 2.16 bits per heavy atom. The minimum absolute atomic E-state index is 0.0874. The van der Waals surface area contributed by atoms with Crippen LogP contribution < -0.4 is 9.62 Å². The SMILES string of the molecule is CCNC(=O)[C@@H](C)N(Cc1cccc(C)c1)C(=O)CN(c1ccc(CC)cc1)S(=O)(=O)c1ccccc1. The van der Waals surface area contributed by atoms with Crippen LogP contribution in [0.2, 0.25) is 0 Å². The van der Waals surface area contributed by atoms with Crippen LogP contribution in [-0.4, -0.2) is 44.3 Å². The Bertz CT molecular complexity index is 1310. The zero-order chi connectivity index (χ0) is 27.0. The van der Waals surface area contributed by atoms with Gasteiger partial charge in [-0.15, -0.1) is 0 Å². The molecule has 0 saturated heterocycles. The van der Waals surface area contributed by atoms with Gasteiger partial charge in [0.05, 0.1) is 10.6 Å². The fraction of sp³-hybridized carbons (Fsp3) is 0.310. The van der Waals surface area contributed by atoms with E-state index in [1.807, 2.05) is 57.2 Å². The summed E-state index contributed by atoms with van der Waals surface area (Å²) in [7, 11) is -4.05. The molecule has 37 heavy (non-hydrogen) atoms. The minimum atomic E-state index is -4.05. The summed E-state index contributed by atoms with van der Waals surface area (Å²) in [5, 5.41) is 2.77. The number of benzene rings is 3. The zero-order valence-corrected chi connectivity index (χ0v) is 22.7. The lowest BCUT2D eigenvalue weighted by atomic mass is 10.1. The molecule has 8 heteroatoms. The maximum atomic E-state index is 13.8. The first-order valence-electron chi connectivity index (χ1n) is 12.5. The van der Waals surface area contributed by atoms with E-state index in [0.717, 1.165) is 27.4 Å². The summed E-state index contributed by atoms with van der Waals surface area (Å²) in [6.45, 7) is 7.59. The van der Waals surface area contributed by atoms with Gasteiger partial charge in [-0.2, -0.15) is 0 Å². The Balaban J connectivity index is 2.02. The van der Waals surface area contributed by atoms with E-state index in [9.17, 15) is 18.0 Å². The average molecular weight is 522 g/mol. The van der Waals surface area contributed by atoms with Crippen molar-refractivity contribution in [3.05, 3.63) is 95.6 Å². The standard InChI is InChI=1S/C29H35N3O4S/c1-5-24-15-17-26(18-16-24)32(37(35,36)27-13-8-7-9-14-27)21-28(33)31(23(4)29(34)30-6-2)20-25-12-10-11-22(3)19-25/h7-19,23H,5-6,20-21H2,1-4H3,(H,30,34)/t23-/m1/s1. The number of rotatable bonds is 11. The van der Waals surface area contributed by atoms with Crippen LogP contribution in [0.5, 0.6) is 0 Å². The normalized spacial score (nSPS) is 12.0. The van der Waals surface area contributed by atoms with E-state index in [2.05, 4.69) is 5.32 Å². The molecule has 0 aliphatic carbocycles. The highest BCUT2D eigenvalue weighted by Crippen LogP contribution is 2.25. The number of nitrogens with zero attached hydrogens (tertiary/aromatic N) is 2. The highest BCUT2D eigenvalue weighted by Gasteiger charge is 2.32. The lowest BCUT2D eigenvalue weighted by molar-refractivity contribution is -0.139. The van der Waals surface area contributed by atoms with Crippen molar-refractivity contribution in [2.24, 2.45) is 0 Å². The number of anilines is 1. The third-order valence-electron chi connectivity index (χ3n) is 6.20. The number of likely N-dealkylation sites (N-methyl/N-ethyl adjacent to an activating group) is 1. The van der Waals surface area contributed by atoms with E-state index in [4.69, 9.17) is 0 Å². The first-order valence-corrected chi connectivity index (χ1v) is 13.9. The lowest BCUT2D eigenvalue weighted by Crippen LogP contribution is -2.51. The maximum absolute atomic E-state index is 13.8. The van der Waals surface area contributed by atoms with Crippen LogP contribution in [0.4, 0.5) is 5.69 Å². The van der Waals surface area contributed by atoms with Crippen molar-refractivity contribution in [2.45, 2.75) is 51.6 Å². The van der Waals surface area contributed by atoms with E-state index in [0.29, 0.717) is 12.2 Å². The predicted molar refractivity (Wildman–Crippen MR) is 147 cm³/mol. The number of carbonyl (C=O) groups is 2. The first-order chi connectivity index (χ1) is 17.7. The van der Waals surface area contributed by atoms with Crippen molar-refractivity contribution in [3.8, 4) is 0 Å². The molecule has 196 valence electrons. The topological polar surface area (TPSA) is 86.8 Å². The number of hydrogen-bond donors (Lipinski definition) is 1. The number of amides is 2. The van der Waals surface area contributed by atoms with E-state index in [-0.39, 0.29) is 17.3 Å². The average Bonchev–Trinajstić information content (AvgIpc) is 2.90. The van der Waals surface area contributed by atoms with Gasteiger partial charge in [0.25, 0.3) is 10.0 Å². The van der Waals surface area contributed by atoms with E-state index < -0.39 is 28.5 Å². The summed E-state index contributed by atoms with van der Waals surface area (Å²) in [5.41, 5.74) is 3.32. The molecule has 0 spiro atoms. The number of hydrogen-bond acceptors (Lipinski definition) is 4. The van der Waals surface area contributed by atoms with Crippen molar-refractivity contribution in [1.82, 2.24) is 10.2 Å². The van der Waals surface area contributed by atoms with Crippen LogP contribution in [-0.2, 0) is 32.6 Å². The molecule has 3 aromatic carbocycles. The van der Waals surface area contributed by atoms with Gasteiger partial charge >= 0.3 is 0 Å². The van der Waals surface area contributed by atoms with Gasteiger partial charge in [0.2, 0.25) is 11.8 Å². The molecule has 0 unspecified atom stereocenters. The third kappa shape index (κ3) is 6.98. The number of aryl methyl sites for hydroxylation is 2. The molecule has 7 nitrogen and oxygen atoms in total. The van der Waals surface area contributed by atoms with Crippen LogP contribution in [0, 0.1) is 6.92 Å². The molecule has 1 N–H and O–H groups in total. The predicted octanol–water partition coefficient (Wildman–Crippen LogP) is 4.31. The first kappa shape index (κ1) is 27.9. The van der Waals surface area contributed by atoms with Crippen LogP contribution in [0.1, 0.15) is 37.5 Å². The third-order valence-corrected chi connectivity index (χ3v) is 7.98. The smallest absolute Gasteiger partial charge is 0.264 e. The second kappa shape index (κ2) is 12.5. The minimum Gasteiger partial charge on any atom is -0.355 e. The van der Waals surface area contributed by atoms with E-state index in [1.165, 1.54) is 17.0 Å². The Hall–Kier alpha value is -3.65. The molecule has 0 aromatic heterocycles. The molecule has 0 radical (unpaired) electrons. The number of nitrogens with one attached hydrogen (secondary N) is 1. The highest BCUT2D eigenvalue weighted by atomic mass is 32.2. The highest BCUT2D eigenvalue weighted by molar-refractivity contribution is 7.92. The molecular weight excluding hydrogens is 486 g/mol. The van der Waals surface area contributed by atoms with E-state index >= 15 is 0 Å².